The van der Waals surface area contributed by atoms with E-state index in [2.05, 4.69) is 20.1 Å². The molecule has 1 N–H and O–H groups in total. The summed E-state index contributed by atoms with van der Waals surface area (Å²) < 4.78 is 43.4. The molecule has 0 fully saturated rings. The fourth-order valence-corrected chi connectivity index (χ4v) is 5.50. The maximum Gasteiger partial charge on any atom is 0.232 e. The van der Waals surface area contributed by atoms with Gasteiger partial charge in [0.15, 0.2) is 0 Å². The van der Waals surface area contributed by atoms with Crippen LogP contribution in [0.15, 0.2) is 55.1 Å². The molecule has 0 radical (unpaired) electrons. The number of aromatic amines is 1. The van der Waals surface area contributed by atoms with E-state index in [1.165, 1.54) is 16.8 Å². The van der Waals surface area contributed by atoms with Crippen molar-refractivity contribution >= 4 is 37.6 Å². The summed E-state index contributed by atoms with van der Waals surface area (Å²) in [7, 11) is 2.26. The van der Waals surface area contributed by atoms with Crippen LogP contribution in [0.25, 0.3) is 44.3 Å². The molecule has 5 aromatic rings. The molecule has 0 bridgehead atoms. The monoisotopic (exact) mass is 521 g/mol. The zero-order valence-electron chi connectivity index (χ0n) is 21.1. The number of pyridine rings is 2. The summed E-state index contributed by atoms with van der Waals surface area (Å²) in [5.74, 6) is -0.466. The lowest BCUT2D eigenvalue weighted by Gasteiger charge is -2.23. The predicted octanol–water partition coefficient (Wildman–Crippen LogP) is 4.04. The van der Waals surface area contributed by atoms with E-state index >= 15 is 4.39 Å². The molecule has 0 saturated heterocycles. The fourth-order valence-electron chi connectivity index (χ4n) is 4.54. The Morgan fingerprint density at radius 1 is 1.03 bits per heavy atom. The largest absolute Gasteiger partial charge is 0.338 e. The van der Waals surface area contributed by atoms with Gasteiger partial charge in [0.1, 0.15) is 11.5 Å². The number of benzene rings is 1. The molecule has 0 aliphatic carbocycles. The number of hydrogen-bond acceptors (Lipinski definition) is 6. The zero-order valence-corrected chi connectivity index (χ0v) is 21.9. The Labute approximate surface area is 214 Å². The molecule has 37 heavy (non-hydrogen) atoms. The molecule has 0 unspecified atom stereocenters. The molecule has 0 aliphatic heterocycles. The molecule has 0 spiro atoms. The lowest BCUT2D eigenvalue weighted by molar-refractivity contribution is 0.403. The molecule has 5 rings (SSSR count). The van der Waals surface area contributed by atoms with Gasteiger partial charge in [-0.2, -0.15) is 5.10 Å². The maximum atomic E-state index is 15.3. The third-order valence-corrected chi connectivity index (χ3v) is 7.46. The van der Waals surface area contributed by atoms with Crippen molar-refractivity contribution in [3.63, 3.8) is 0 Å². The summed E-state index contributed by atoms with van der Waals surface area (Å²) in [6.45, 7) is 1.12. The predicted molar refractivity (Wildman–Crippen MR) is 144 cm³/mol. The van der Waals surface area contributed by atoms with E-state index in [0.29, 0.717) is 46.5 Å². The second-order valence-electron chi connectivity index (χ2n) is 9.39. The number of aromatic nitrogens is 5. The average molecular weight is 522 g/mol. The van der Waals surface area contributed by atoms with Gasteiger partial charge in [-0.25, -0.2) is 17.8 Å². The number of anilines is 1. The second-order valence-corrected chi connectivity index (χ2v) is 11.3. The Morgan fingerprint density at radius 2 is 1.78 bits per heavy atom. The van der Waals surface area contributed by atoms with Crippen LogP contribution in [0.2, 0.25) is 0 Å². The van der Waals surface area contributed by atoms with Crippen molar-refractivity contribution in [2.24, 2.45) is 7.05 Å². The lowest BCUT2D eigenvalue weighted by atomic mass is 10.0. The standard InChI is InChI=1S/C26H28FN7O2S/c1-32(2)10-5-11-34(37(4,35)36)19-8-6-17(7-9-19)24-21(27)14-29-26-25(24)20-12-22(28-15-23(20)31-26)18-13-30-33(3)16-18/h6-9,12-16H,5,10-11H2,1-4H3,(H,29,31). The summed E-state index contributed by atoms with van der Waals surface area (Å²) in [4.78, 5) is 14.0. The molecule has 0 saturated carbocycles. The SMILES string of the molecule is CN(C)CCCN(c1ccc(-c2c(F)cnc3[nH]c4cnc(-c5cnn(C)c5)cc4c23)cc1)S(C)(=O)=O. The van der Waals surface area contributed by atoms with E-state index in [-0.39, 0.29) is 0 Å². The van der Waals surface area contributed by atoms with E-state index in [0.717, 1.165) is 23.0 Å². The number of hydrogen-bond donors (Lipinski definition) is 1. The first-order valence-electron chi connectivity index (χ1n) is 11.8. The maximum absolute atomic E-state index is 15.3. The number of rotatable bonds is 8. The van der Waals surface area contributed by atoms with Crippen molar-refractivity contribution in [3.8, 4) is 22.4 Å². The highest BCUT2D eigenvalue weighted by atomic mass is 32.2. The molecule has 0 aliphatic rings. The van der Waals surface area contributed by atoms with Gasteiger partial charge < -0.3 is 9.88 Å². The van der Waals surface area contributed by atoms with Crippen LogP contribution >= 0.6 is 0 Å². The zero-order chi connectivity index (χ0) is 26.3. The van der Waals surface area contributed by atoms with Gasteiger partial charge in [-0.1, -0.05) is 12.1 Å². The van der Waals surface area contributed by atoms with Crippen LogP contribution in [0, 0.1) is 5.82 Å². The lowest BCUT2D eigenvalue weighted by Crippen LogP contribution is -2.32. The van der Waals surface area contributed by atoms with Crippen LogP contribution in [-0.4, -0.2) is 71.5 Å². The number of fused-ring (bicyclic) bond motifs is 3. The highest BCUT2D eigenvalue weighted by Gasteiger charge is 2.20. The Morgan fingerprint density at radius 3 is 2.43 bits per heavy atom. The Kier molecular flexibility index (Phi) is 6.42. The van der Waals surface area contributed by atoms with Crippen LogP contribution in [0.3, 0.4) is 0 Å². The van der Waals surface area contributed by atoms with Gasteiger partial charge in [0.05, 0.1) is 41.7 Å². The third kappa shape index (κ3) is 4.92. The normalized spacial score (nSPS) is 12.2. The minimum Gasteiger partial charge on any atom is -0.338 e. The third-order valence-electron chi connectivity index (χ3n) is 6.27. The van der Waals surface area contributed by atoms with Crippen molar-refractivity contribution in [3.05, 3.63) is 60.9 Å². The first-order chi connectivity index (χ1) is 17.6. The number of H-pyrrole nitrogens is 1. The van der Waals surface area contributed by atoms with E-state index in [4.69, 9.17) is 0 Å². The molecule has 0 atom stereocenters. The molecule has 9 nitrogen and oxygen atoms in total. The Hall–Kier alpha value is -3.83. The highest BCUT2D eigenvalue weighted by molar-refractivity contribution is 7.92. The highest BCUT2D eigenvalue weighted by Crippen LogP contribution is 2.37. The second kappa shape index (κ2) is 9.56. The first kappa shape index (κ1) is 24.8. The molecule has 1 aromatic carbocycles. The number of nitrogens with zero attached hydrogens (tertiary/aromatic N) is 6. The van der Waals surface area contributed by atoms with Crippen LogP contribution in [0.5, 0.6) is 0 Å². The van der Waals surface area contributed by atoms with Gasteiger partial charge in [-0.3, -0.25) is 14.0 Å². The summed E-state index contributed by atoms with van der Waals surface area (Å²) in [6.07, 6.45) is 8.38. The van der Waals surface area contributed by atoms with Crippen LogP contribution in [0.1, 0.15) is 6.42 Å². The molecule has 4 aromatic heterocycles. The van der Waals surface area contributed by atoms with Gasteiger partial charge in [0, 0.05) is 41.7 Å². The summed E-state index contributed by atoms with van der Waals surface area (Å²) in [6, 6.07) is 8.84. The van der Waals surface area contributed by atoms with E-state index in [9.17, 15) is 8.42 Å². The van der Waals surface area contributed by atoms with Gasteiger partial charge in [-0.05, 0) is 50.8 Å². The minimum absolute atomic E-state index is 0.358. The molecular weight excluding hydrogens is 493 g/mol. The Bertz CT molecular complexity index is 1690. The van der Waals surface area contributed by atoms with Gasteiger partial charge in [0.25, 0.3) is 0 Å². The average Bonchev–Trinajstić information content (AvgIpc) is 3.44. The molecule has 11 heteroatoms. The number of sulfonamides is 1. The van der Waals surface area contributed by atoms with Crippen molar-refractivity contribution in [1.82, 2.24) is 29.6 Å². The van der Waals surface area contributed by atoms with Gasteiger partial charge in [-0.15, -0.1) is 0 Å². The number of nitrogens with one attached hydrogen (secondary N) is 1. The summed E-state index contributed by atoms with van der Waals surface area (Å²) in [5.41, 5.74) is 4.40. The fraction of sp³-hybridized carbons (Fsp3) is 0.269. The van der Waals surface area contributed by atoms with E-state index in [1.54, 1.807) is 41.3 Å². The first-order valence-corrected chi connectivity index (χ1v) is 13.6. The molecule has 0 amide bonds. The van der Waals surface area contributed by atoms with E-state index < -0.39 is 15.8 Å². The topological polar surface area (TPSA) is 100 Å². The van der Waals surface area contributed by atoms with Crippen molar-refractivity contribution in [1.29, 1.82) is 0 Å². The molecule has 4 heterocycles. The van der Waals surface area contributed by atoms with Crippen molar-refractivity contribution < 1.29 is 12.8 Å². The van der Waals surface area contributed by atoms with Crippen molar-refractivity contribution in [2.75, 3.05) is 37.7 Å². The molecular formula is C26H28FN7O2S. The number of halogens is 1. The van der Waals surface area contributed by atoms with Gasteiger partial charge >= 0.3 is 0 Å². The van der Waals surface area contributed by atoms with Crippen LogP contribution in [-0.2, 0) is 17.1 Å². The molecule has 192 valence electrons. The van der Waals surface area contributed by atoms with Crippen molar-refractivity contribution in [2.45, 2.75) is 6.42 Å². The van der Waals surface area contributed by atoms with Crippen LogP contribution in [0.4, 0.5) is 10.1 Å². The number of aryl methyl sites for hydroxylation is 1. The van der Waals surface area contributed by atoms with E-state index in [1.807, 2.05) is 38.3 Å². The Balaban J connectivity index is 1.59. The smallest absolute Gasteiger partial charge is 0.232 e. The summed E-state index contributed by atoms with van der Waals surface area (Å²) >= 11 is 0. The quantitative estimate of drug-likeness (QED) is 0.331. The summed E-state index contributed by atoms with van der Waals surface area (Å²) in [5, 5.41) is 5.64. The minimum atomic E-state index is -3.47. The van der Waals surface area contributed by atoms with Crippen LogP contribution < -0.4 is 4.31 Å². The van der Waals surface area contributed by atoms with Gasteiger partial charge in [0.2, 0.25) is 10.0 Å².